The standard InChI is InChI=1S/C17H37N3O2/c1-16(20(12-14-21)13-15-22)17-6-10-19(11-7-17)9-5-4-8-18(2)3/h16-17,21-22H,4-15H2,1-3H3. The van der Waals surface area contributed by atoms with Crippen LogP contribution in [0.4, 0.5) is 0 Å². The molecular weight excluding hydrogens is 278 g/mol. The van der Waals surface area contributed by atoms with E-state index in [-0.39, 0.29) is 13.2 Å². The fraction of sp³-hybridized carbons (Fsp3) is 1.00. The van der Waals surface area contributed by atoms with Crippen LogP contribution in [0.1, 0.15) is 32.6 Å². The van der Waals surface area contributed by atoms with Crippen molar-refractivity contribution in [2.45, 2.75) is 38.6 Å². The van der Waals surface area contributed by atoms with Gasteiger partial charge < -0.3 is 20.0 Å². The molecule has 1 fully saturated rings. The molecule has 0 aromatic carbocycles. The number of likely N-dealkylation sites (tertiary alicyclic amines) is 1. The number of rotatable bonds is 11. The van der Waals surface area contributed by atoms with Crippen molar-refractivity contribution < 1.29 is 10.2 Å². The highest BCUT2D eigenvalue weighted by Crippen LogP contribution is 2.24. The number of hydrogen-bond donors (Lipinski definition) is 2. The maximum Gasteiger partial charge on any atom is 0.0558 e. The molecule has 22 heavy (non-hydrogen) atoms. The molecule has 1 rings (SSSR count). The second-order valence-corrected chi connectivity index (χ2v) is 6.91. The van der Waals surface area contributed by atoms with Crippen molar-refractivity contribution in [1.29, 1.82) is 0 Å². The number of piperidine rings is 1. The molecule has 1 aliphatic heterocycles. The summed E-state index contributed by atoms with van der Waals surface area (Å²) in [5.41, 5.74) is 0. The second-order valence-electron chi connectivity index (χ2n) is 6.91. The van der Waals surface area contributed by atoms with Crippen LogP contribution in [0.25, 0.3) is 0 Å². The molecule has 2 N–H and O–H groups in total. The fourth-order valence-corrected chi connectivity index (χ4v) is 3.50. The van der Waals surface area contributed by atoms with Crippen LogP contribution in [0.15, 0.2) is 0 Å². The zero-order valence-electron chi connectivity index (χ0n) is 14.9. The lowest BCUT2D eigenvalue weighted by Crippen LogP contribution is -2.46. The van der Waals surface area contributed by atoms with E-state index in [1.54, 1.807) is 0 Å². The molecule has 0 bridgehead atoms. The van der Waals surface area contributed by atoms with E-state index in [0.29, 0.717) is 25.0 Å². The quantitative estimate of drug-likeness (QED) is 0.550. The van der Waals surface area contributed by atoms with Gasteiger partial charge in [-0.15, -0.1) is 0 Å². The van der Waals surface area contributed by atoms with E-state index >= 15 is 0 Å². The summed E-state index contributed by atoms with van der Waals surface area (Å²) in [6, 6.07) is 0.454. The van der Waals surface area contributed by atoms with Crippen molar-refractivity contribution >= 4 is 0 Å². The van der Waals surface area contributed by atoms with E-state index < -0.39 is 0 Å². The molecule has 1 unspecified atom stereocenters. The molecule has 0 aromatic heterocycles. The molecule has 5 heteroatoms. The minimum Gasteiger partial charge on any atom is -0.395 e. The summed E-state index contributed by atoms with van der Waals surface area (Å²) in [4.78, 5) is 7.09. The average molecular weight is 316 g/mol. The molecule has 132 valence electrons. The zero-order valence-corrected chi connectivity index (χ0v) is 14.9. The lowest BCUT2D eigenvalue weighted by molar-refractivity contribution is 0.0685. The summed E-state index contributed by atoms with van der Waals surface area (Å²) >= 11 is 0. The van der Waals surface area contributed by atoms with Crippen molar-refractivity contribution in [3.05, 3.63) is 0 Å². The van der Waals surface area contributed by atoms with Crippen LogP contribution in [0.5, 0.6) is 0 Å². The molecule has 0 amide bonds. The van der Waals surface area contributed by atoms with Gasteiger partial charge in [0, 0.05) is 19.1 Å². The van der Waals surface area contributed by atoms with E-state index in [0.717, 1.165) is 0 Å². The summed E-state index contributed by atoms with van der Waals surface area (Å²) in [5, 5.41) is 18.4. The third kappa shape index (κ3) is 7.38. The Kier molecular flexibility index (Phi) is 10.2. The molecule has 1 saturated heterocycles. The maximum atomic E-state index is 9.18. The van der Waals surface area contributed by atoms with Gasteiger partial charge in [0.05, 0.1) is 13.2 Å². The van der Waals surface area contributed by atoms with E-state index in [1.165, 1.54) is 51.9 Å². The summed E-state index contributed by atoms with van der Waals surface area (Å²) < 4.78 is 0. The number of aliphatic hydroxyl groups excluding tert-OH is 2. The van der Waals surface area contributed by atoms with Crippen molar-refractivity contribution in [3.8, 4) is 0 Å². The largest absolute Gasteiger partial charge is 0.395 e. The molecule has 0 spiro atoms. The smallest absolute Gasteiger partial charge is 0.0558 e. The van der Waals surface area contributed by atoms with Gasteiger partial charge in [0.25, 0.3) is 0 Å². The minimum atomic E-state index is 0.176. The molecule has 1 heterocycles. The van der Waals surface area contributed by atoms with Gasteiger partial charge in [-0.1, -0.05) is 0 Å². The fourth-order valence-electron chi connectivity index (χ4n) is 3.50. The lowest BCUT2D eigenvalue weighted by Gasteiger charge is -2.39. The number of aliphatic hydroxyl groups is 2. The SMILES string of the molecule is CC(C1CCN(CCCCN(C)C)CC1)N(CCO)CCO. The highest BCUT2D eigenvalue weighted by atomic mass is 16.3. The number of hydrogen-bond acceptors (Lipinski definition) is 5. The molecule has 0 radical (unpaired) electrons. The van der Waals surface area contributed by atoms with E-state index in [2.05, 4.69) is 35.7 Å². The number of unbranched alkanes of at least 4 members (excludes halogenated alkanes) is 1. The van der Waals surface area contributed by atoms with Gasteiger partial charge >= 0.3 is 0 Å². The summed E-state index contributed by atoms with van der Waals surface area (Å²) in [6.45, 7) is 8.76. The predicted octanol–water partition coefficient (Wildman–Crippen LogP) is 0.715. The molecule has 1 aliphatic rings. The number of nitrogens with zero attached hydrogens (tertiary/aromatic N) is 3. The highest BCUT2D eigenvalue weighted by Gasteiger charge is 2.27. The molecule has 0 aliphatic carbocycles. The first-order valence-electron chi connectivity index (χ1n) is 8.91. The first-order valence-corrected chi connectivity index (χ1v) is 8.91. The first kappa shape index (κ1) is 19.8. The third-order valence-electron chi connectivity index (χ3n) is 4.99. The Balaban J connectivity index is 2.25. The van der Waals surface area contributed by atoms with Gasteiger partial charge in [-0.25, -0.2) is 0 Å². The Bertz CT molecular complexity index is 263. The zero-order chi connectivity index (χ0) is 16.4. The monoisotopic (exact) mass is 315 g/mol. The molecule has 0 saturated carbocycles. The summed E-state index contributed by atoms with van der Waals surface area (Å²) in [7, 11) is 4.27. The second kappa shape index (κ2) is 11.4. The summed E-state index contributed by atoms with van der Waals surface area (Å²) in [6.07, 6.45) is 5.05. The topological polar surface area (TPSA) is 50.2 Å². The van der Waals surface area contributed by atoms with E-state index in [4.69, 9.17) is 0 Å². The Hall–Kier alpha value is -0.200. The van der Waals surface area contributed by atoms with E-state index in [9.17, 15) is 10.2 Å². The van der Waals surface area contributed by atoms with Gasteiger partial charge in [-0.3, -0.25) is 4.90 Å². The van der Waals surface area contributed by atoms with Crippen LogP contribution in [-0.2, 0) is 0 Å². The van der Waals surface area contributed by atoms with Crippen LogP contribution in [-0.4, -0.2) is 97.5 Å². The Morgan fingerprint density at radius 1 is 1.00 bits per heavy atom. The van der Waals surface area contributed by atoms with Crippen molar-refractivity contribution in [3.63, 3.8) is 0 Å². The predicted molar refractivity (Wildman–Crippen MR) is 92.2 cm³/mol. The van der Waals surface area contributed by atoms with Gasteiger partial charge in [0.2, 0.25) is 0 Å². The Morgan fingerprint density at radius 3 is 2.09 bits per heavy atom. The van der Waals surface area contributed by atoms with E-state index in [1.807, 2.05) is 0 Å². The average Bonchev–Trinajstić information content (AvgIpc) is 2.51. The minimum absolute atomic E-state index is 0.176. The van der Waals surface area contributed by atoms with Gasteiger partial charge in [0.15, 0.2) is 0 Å². The Morgan fingerprint density at radius 2 is 1.59 bits per heavy atom. The molecular formula is C17H37N3O2. The highest BCUT2D eigenvalue weighted by molar-refractivity contribution is 4.81. The van der Waals surface area contributed by atoms with Crippen molar-refractivity contribution in [1.82, 2.24) is 14.7 Å². The Labute approximate surface area is 136 Å². The van der Waals surface area contributed by atoms with Gasteiger partial charge in [-0.05, 0) is 78.8 Å². The maximum absolute atomic E-state index is 9.18. The van der Waals surface area contributed by atoms with Crippen LogP contribution >= 0.6 is 0 Å². The van der Waals surface area contributed by atoms with Gasteiger partial charge in [0.1, 0.15) is 0 Å². The van der Waals surface area contributed by atoms with Crippen LogP contribution in [0.2, 0.25) is 0 Å². The normalized spacial score (nSPS) is 19.2. The molecule has 5 nitrogen and oxygen atoms in total. The van der Waals surface area contributed by atoms with Crippen LogP contribution in [0, 0.1) is 5.92 Å². The lowest BCUT2D eigenvalue weighted by atomic mass is 9.89. The molecule has 0 aromatic rings. The third-order valence-corrected chi connectivity index (χ3v) is 4.99. The van der Waals surface area contributed by atoms with Crippen molar-refractivity contribution in [2.75, 3.05) is 66.6 Å². The van der Waals surface area contributed by atoms with Crippen LogP contribution in [0.3, 0.4) is 0 Å². The summed E-state index contributed by atoms with van der Waals surface area (Å²) in [5.74, 6) is 0.691. The van der Waals surface area contributed by atoms with Gasteiger partial charge in [-0.2, -0.15) is 0 Å². The molecule has 1 atom stereocenters. The van der Waals surface area contributed by atoms with Crippen LogP contribution < -0.4 is 0 Å². The first-order chi connectivity index (χ1) is 10.6. The van der Waals surface area contributed by atoms with Crippen molar-refractivity contribution in [2.24, 2.45) is 5.92 Å².